The minimum Gasteiger partial charge on any atom is -0.320 e. The van der Waals surface area contributed by atoms with E-state index in [0.29, 0.717) is 18.5 Å². The van der Waals surface area contributed by atoms with Crippen molar-refractivity contribution in [2.45, 2.75) is 38.6 Å². The van der Waals surface area contributed by atoms with Gasteiger partial charge in [-0.05, 0) is 31.1 Å². The molecule has 3 amide bonds. The molecule has 1 saturated heterocycles. The Labute approximate surface area is 95.4 Å². The van der Waals surface area contributed by atoms with Gasteiger partial charge in [-0.15, -0.1) is 0 Å². The first-order valence-electron chi connectivity index (χ1n) is 6.26. The molecule has 4 nitrogen and oxygen atoms in total. The van der Waals surface area contributed by atoms with E-state index in [0.717, 1.165) is 12.3 Å². The summed E-state index contributed by atoms with van der Waals surface area (Å²) in [6.07, 6.45) is 5.04. The van der Waals surface area contributed by atoms with Gasteiger partial charge in [-0.25, -0.2) is 4.79 Å². The van der Waals surface area contributed by atoms with Crippen molar-refractivity contribution in [3.63, 3.8) is 0 Å². The number of amides is 3. The molecule has 2 aliphatic carbocycles. The van der Waals surface area contributed by atoms with Crippen molar-refractivity contribution in [3.8, 4) is 0 Å². The smallest absolute Gasteiger partial charge is 0.320 e. The van der Waals surface area contributed by atoms with Gasteiger partial charge >= 0.3 is 6.03 Å². The fourth-order valence-corrected chi connectivity index (χ4v) is 3.64. The SMILES string of the molecule is CC1CN(C2CC3CCC2C3)C(=O)NC1=O. The van der Waals surface area contributed by atoms with Crippen LogP contribution >= 0.6 is 0 Å². The molecule has 0 aromatic rings. The van der Waals surface area contributed by atoms with E-state index in [4.69, 9.17) is 0 Å². The van der Waals surface area contributed by atoms with Gasteiger partial charge in [0.05, 0.1) is 5.92 Å². The Kier molecular flexibility index (Phi) is 2.19. The van der Waals surface area contributed by atoms with Crippen LogP contribution in [0.15, 0.2) is 0 Å². The van der Waals surface area contributed by atoms with Crippen LogP contribution in [0.25, 0.3) is 0 Å². The minimum atomic E-state index is -0.166. The van der Waals surface area contributed by atoms with Crippen molar-refractivity contribution < 1.29 is 9.59 Å². The summed E-state index contributed by atoms with van der Waals surface area (Å²) in [4.78, 5) is 25.1. The summed E-state index contributed by atoms with van der Waals surface area (Å²) in [6.45, 7) is 2.50. The summed E-state index contributed by atoms with van der Waals surface area (Å²) in [5.74, 6) is 1.34. The van der Waals surface area contributed by atoms with Crippen LogP contribution in [-0.4, -0.2) is 29.4 Å². The molecule has 0 aromatic carbocycles. The number of nitrogens with zero attached hydrogens (tertiary/aromatic N) is 1. The molecule has 88 valence electrons. The normalized spacial score (nSPS) is 42.7. The molecule has 4 heteroatoms. The molecule has 1 N–H and O–H groups in total. The second-order valence-electron chi connectivity index (χ2n) is 5.59. The molecule has 2 bridgehead atoms. The first-order chi connectivity index (χ1) is 7.65. The van der Waals surface area contributed by atoms with E-state index < -0.39 is 0 Å². The Hall–Kier alpha value is -1.06. The highest BCUT2D eigenvalue weighted by atomic mass is 16.2. The van der Waals surface area contributed by atoms with Crippen LogP contribution in [0.4, 0.5) is 4.79 Å². The van der Waals surface area contributed by atoms with E-state index in [2.05, 4.69) is 5.32 Å². The predicted molar refractivity (Wildman–Crippen MR) is 58.6 cm³/mol. The van der Waals surface area contributed by atoms with Gasteiger partial charge in [0.15, 0.2) is 0 Å². The Balaban J connectivity index is 1.75. The maximum absolute atomic E-state index is 11.8. The molecular weight excluding hydrogens is 204 g/mol. The second kappa shape index (κ2) is 3.47. The number of hydrogen-bond acceptors (Lipinski definition) is 2. The average molecular weight is 222 g/mol. The minimum absolute atomic E-state index is 0.0585. The molecule has 1 heterocycles. The third-order valence-corrected chi connectivity index (χ3v) is 4.51. The lowest BCUT2D eigenvalue weighted by molar-refractivity contribution is -0.125. The number of fused-ring (bicyclic) bond motifs is 2. The van der Waals surface area contributed by atoms with Crippen molar-refractivity contribution in [2.75, 3.05) is 6.54 Å². The number of carbonyl (C=O) groups excluding carboxylic acids is 2. The topological polar surface area (TPSA) is 49.4 Å². The third kappa shape index (κ3) is 1.43. The number of urea groups is 1. The van der Waals surface area contributed by atoms with Crippen molar-refractivity contribution >= 4 is 11.9 Å². The molecule has 4 unspecified atom stereocenters. The lowest BCUT2D eigenvalue weighted by Gasteiger charge is -2.38. The maximum Gasteiger partial charge on any atom is 0.324 e. The summed E-state index contributed by atoms with van der Waals surface area (Å²) >= 11 is 0. The standard InChI is InChI=1S/C12H18N2O2/c1-7-6-14(12(16)13-11(7)15)10-5-8-2-3-9(10)4-8/h7-10H,2-6H2,1H3,(H,13,15,16). The van der Waals surface area contributed by atoms with Crippen LogP contribution in [0.1, 0.15) is 32.6 Å². The van der Waals surface area contributed by atoms with Crippen LogP contribution in [0, 0.1) is 17.8 Å². The van der Waals surface area contributed by atoms with Gasteiger partial charge in [-0.2, -0.15) is 0 Å². The van der Waals surface area contributed by atoms with Gasteiger partial charge in [0.2, 0.25) is 5.91 Å². The predicted octanol–water partition coefficient (Wildman–Crippen LogP) is 1.36. The molecular formula is C12H18N2O2. The molecule has 3 rings (SSSR count). The molecule has 2 saturated carbocycles. The number of hydrogen-bond donors (Lipinski definition) is 1. The highest BCUT2D eigenvalue weighted by molar-refractivity contribution is 5.97. The lowest BCUT2D eigenvalue weighted by Crippen LogP contribution is -2.58. The van der Waals surface area contributed by atoms with Gasteiger partial charge < -0.3 is 4.90 Å². The summed E-state index contributed by atoms with van der Waals surface area (Å²) < 4.78 is 0. The van der Waals surface area contributed by atoms with Gasteiger partial charge in [-0.1, -0.05) is 13.3 Å². The van der Waals surface area contributed by atoms with E-state index in [1.165, 1.54) is 19.3 Å². The molecule has 4 atom stereocenters. The van der Waals surface area contributed by atoms with E-state index in [1.54, 1.807) is 0 Å². The Bertz CT molecular complexity index is 342. The highest BCUT2D eigenvalue weighted by Gasteiger charge is 2.45. The molecule has 16 heavy (non-hydrogen) atoms. The lowest BCUT2D eigenvalue weighted by atomic mass is 9.93. The summed E-state index contributed by atoms with van der Waals surface area (Å²) in [5.41, 5.74) is 0. The van der Waals surface area contributed by atoms with Crippen LogP contribution in [0.5, 0.6) is 0 Å². The van der Waals surface area contributed by atoms with Gasteiger partial charge in [0.1, 0.15) is 0 Å². The number of carbonyl (C=O) groups is 2. The zero-order chi connectivity index (χ0) is 11.3. The fourth-order valence-electron chi connectivity index (χ4n) is 3.64. The van der Waals surface area contributed by atoms with Crippen molar-refractivity contribution in [3.05, 3.63) is 0 Å². The van der Waals surface area contributed by atoms with E-state index in [9.17, 15) is 9.59 Å². The monoisotopic (exact) mass is 222 g/mol. The maximum atomic E-state index is 11.8. The third-order valence-electron chi connectivity index (χ3n) is 4.51. The number of nitrogens with one attached hydrogen (secondary N) is 1. The van der Waals surface area contributed by atoms with Gasteiger partial charge in [0.25, 0.3) is 0 Å². The Morgan fingerprint density at radius 3 is 2.69 bits per heavy atom. The molecule has 3 aliphatic rings. The first kappa shape index (κ1) is 10.1. The Morgan fingerprint density at radius 2 is 2.06 bits per heavy atom. The van der Waals surface area contributed by atoms with E-state index in [-0.39, 0.29) is 17.9 Å². The second-order valence-corrected chi connectivity index (χ2v) is 5.59. The molecule has 3 fully saturated rings. The average Bonchev–Trinajstić information content (AvgIpc) is 2.84. The zero-order valence-electron chi connectivity index (χ0n) is 9.61. The van der Waals surface area contributed by atoms with Crippen LogP contribution in [0.3, 0.4) is 0 Å². The van der Waals surface area contributed by atoms with Crippen LogP contribution < -0.4 is 5.32 Å². The quantitative estimate of drug-likeness (QED) is 0.728. The van der Waals surface area contributed by atoms with Crippen molar-refractivity contribution in [2.24, 2.45) is 17.8 Å². The first-order valence-corrected chi connectivity index (χ1v) is 6.26. The summed E-state index contributed by atoms with van der Waals surface area (Å²) in [5, 5.41) is 2.46. The van der Waals surface area contributed by atoms with E-state index in [1.807, 2.05) is 11.8 Å². The Morgan fingerprint density at radius 1 is 1.25 bits per heavy atom. The zero-order valence-corrected chi connectivity index (χ0v) is 9.61. The highest BCUT2D eigenvalue weighted by Crippen LogP contribution is 2.46. The molecule has 1 aliphatic heterocycles. The summed E-state index contributed by atoms with van der Waals surface area (Å²) in [7, 11) is 0. The van der Waals surface area contributed by atoms with Gasteiger partial charge in [-0.3, -0.25) is 10.1 Å². The van der Waals surface area contributed by atoms with Crippen LogP contribution in [-0.2, 0) is 4.79 Å². The van der Waals surface area contributed by atoms with Crippen molar-refractivity contribution in [1.29, 1.82) is 0 Å². The van der Waals surface area contributed by atoms with Crippen molar-refractivity contribution in [1.82, 2.24) is 10.2 Å². The van der Waals surface area contributed by atoms with E-state index >= 15 is 0 Å². The molecule has 0 aromatic heterocycles. The summed E-state index contributed by atoms with van der Waals surface area (Å²) in [6, 6.07) is 0.231. The molecule has 0 spiro atoms. The van der Waals surface area contributed by atoms with Gasteiger partial charge in [0, 0.05) is 12.6 Å². The number of imide groups is 1. The van der Waals surface area contributed by atoms with Crippen LogP contribution in [0.2, 0.25) is 0 Å². The fraction of sp³-hybridized carbons (Fsp3) is 0.833. The number of rotatable bonds is 1. The largest absolute Gasteiger partial charge is 0.324 e. The molecule has 0 radical (unpaired) electrons.